The van der Waals surface area contributed by atoms with Gasteiger partial charge in [0.25, 0.3) is 0 Å². The number of rotatable bonds is 8. The minimum absolute atomic E-state index is 0.296. The van der Waals surface area contributed by atoms with E-state index in [-0.39, 0.29) is 0 Å². The predicted octanol–water partition coefficient (Wildman–Crippen LogP) is 0.760. The van der Waals surface area contributed by atoms with Gasteiger partial charge in [0.2, 0.25) is 11.9 Å². The zero-order valence-electron chi connectivity index (χ0n) is 10.5. The fourth-order valence-corrected chi connectivity index (χ4v) is 1.18. The summed E-state index contributed by atoms with van der Waals surface area (Å²) in [4.78, 5) is 12.4. The summed E-state index contributed by atoms with van der Waals surface area (Å²) in [6.45, 7) is 4.17. The highest BCUT2D eigenvalue weighted by molar-refractivity contribution is 5.35. The van der Waals surface area contributed by atoms with E-state index in [1.165, 1.54) is 7.11 Å². The maximum Gasteiger partial charge on any atom is 0.322 e. The second-order valence-electron chi connectivity index (χ2n) is 3.27. The summed E-state index contributed by atoms with van der Waals surface area (Å²) in [5, 5.41) is 6.11. The fraction of sp³-hybridized carbons (Fsp3) is 0.700. The van der Waals surface area contributed by atoms with Crippen LogP contribution >= 0.6 is 0 Å². The first-order valence-corrected chi connectivity index (χ1v) is 5.57. The Balaban J connectivity index is 2.59. The number of nitrogens with zero attached hydrogens (tertiary/aromatic N) is 3. The molecule has 1 rings (SSSR count). The van der Waals surface area contributed by atoms with Crippen molar-refractivity contribution in [3.63, 3.8) is 0 Å². The monoisotopic (exact) mass is 241 g/mol. The van der Waals surface area contributed by atoms with Gasteiger partial charge in [-0.1, -0.05) is 0 Å². The third kappa shape index (κ3) is 4.81. The lowest BCUT2D eigenvalue weighted by molar-refractivity contribution is 0.197. The van der Waals surface area contributed by atoms with Gasteiger partial charge >= 0.3 is 6.01 Å². The van der Waals surface area contributed by atoms with Gasteiger partial charge in [-0.15, -0.1) is 0 Å². The van der Waals surface area contributed by atoms with Crippen LogP contribution in [0, 0.1) is 0 Å². The minimum Gasteiger partial charge on any atom is -0.467 e. The van der Waals surface area contributed by atoms with Crippen molar-refractivity contribution in [1.29, 1.82) is 0 Å². The van der Waals surface area contributed by atoms with Gasteiger partial charge in [-0.3, -0.25) is 0 Å². The van der Waals surface area contributed by atoms with E-state index in [1.54, 1.807) is 7.11 Å². The van der Waals surface area contributed by atoms with E-state index < -0.39 is 0 Å². The van der Waals surface area contributed by atoms with Gasteiger partial charge in [0.15, 0.2) is 0 Å². The van der Waals surface area contributed by atoms with Crippen molar-refractivity contribution >= 4 is 11.9 Å². The van der Waals surface area contributed by atoms with E-state index in [2.05, 4.69) is 25.6 Å². The van der Waals surface area contributed by atoms with Crippen LogP contribution in [0.4, 0.5) is 11.9 Å². The topological polar surface area (TPSA) is 81.2 Å². The van der Waals surface area contributed by atoms with Crippen molar-refractivity contribution < 1.29 is 9.47 Å². The van der Waals surface area contributed by atoms with E-state index in [9.17, 15) is 0 Å². The van der Waals surface area contributed by atoms with E-state index in [0.29, 0.717) is 24.5 Å². The van der Waals surface area contributed by atoms with Gasteiger partial charge in [0.1, 0.15) is 0 Å². The SMILES string of the molecule is CCNc1nc(NCCCOC)nc(OC)n1. The number of ether oxygens (including phenoxy) is 2. The van der Waals surface area contributed by atoms with Crippen molar-refractivity contribution in [2.24, 2.45) is 0 Å². The van der Waals surface area contributed by atoms with Gasteiger partial charge in [0, 0.05) is 26.8 Å². The van der Waals surface area contributed by atoms with Gasteiger partial charge in [-0.25, -0.2) is 0 Å². The van der Waals surface area contributed by atoms with E-state index in [1.807, 2.05) is 6.92 Å². The highest BCUT2D eigenvalue weighted by Crippen LogP contribution is 2.10. The number of anilines is 2. The number of aromatic nitrogens is 3. The van der Waals surface area contributed by atoms with Gasteiger partial charge in [0.05, 0.1) is 7.11 Å². The standard InChI is InChI=1S/C10H19N5O2/c1-4-11-8-13-9(12-6-5-7-16-2)15-10(14-8)17-3/h4-7H2,1-3H3,(H2,11,12,13,14,15). The van der Waals surface area contributed by atoms with Crippen LogP contribution in [0.3, 0.4) is 0 Å². The second kappa shape index (κ2) is 7.61. The summed E-state index contributed by atoms with van der Waals surface area (Å²) in [6.07, 6.45) is 0.890. The third-order valence-electron chi connectivity index (χ3n) is 1.94. The molecule has 2 N–H and O–H groups in total. The fourth-order valence-electron chi connectivity index (χ4n) is 1.18. The van der Waals surface area contributed by atoms with Crippen LogP contribution in [0.25, 0.3) is 0 Å². The smallest absolute Gasteiger partial charge is 0.322 e. The molecular weight excluding hydrogens is 222 g/mol. The molecule has 1 aromatic heterocycles. The predicted molar refractivity (Wildman–Crippen MR) is 65.5 cm³/mol. The molecule has 0 fully saturated rings. The van der Waals surface area contributed by atoms with E-state index in [0.717, 1.165) is 19.5 Å². The van der Waals surface area contributed by atoms with Crippen LogP contribution in [0.2, 0.25) is 0 Å². The summed E-state index contributed by atoms with van der Waals surface area (Å²) in [7, 11) is 3.20. The molecule has 0 saturated carbocycles. The highest BCUT2D eigenvalue weighted by Gasteiger charge is 2.05. The first-order chi connectivity index (χ1) is 8.30. The molecule has 0 spiro atoms. The lowest BCUT2D eigenvalue weighted by Crippen LogP contribution is -2.11. The Morgan fingerprint density at radius 2 is 1.76 bits per heavy atom. The van der Waals surface area contributed by atoms with Gasteiger partial charge < -0.3 is 20.1 Å². The Labute approximate surface area is 101 Å². The Hall–Kier alpha value is -1.63. The highest BCUT2D eigenvalue weighted by atomic mass is 16.5. The van der Waals surface area contributed by atoms with Crippen LogP contribution in [0.15, 0.2) is 0 Å². The van der Waals surface area contributed by atoms with Gasteiger partial charge in [-0.05, 0) is 13.3 Å². The Kier molecular flexibility index (Phi) is 6.02. The van der Waals surface area contributed by atoms with Crippen molar-refractivity contribution in [3.8, 4) is 6.01 Å². The van der Waals surface area contributed by atoms with E-state index in [4.69, 9.17) is 9.47 Å². The molecule has 0 aliphatic carbocycles. The second-order valence-corrected chi connectivity index (χ2v) is 3.27. The average Bonchev–Trinajstić information content (AvgIpc) is 2.35. The molecule has 0 unspecified atom stereocenters. The molecule has 17 heavy (non-hydrogen) atoms. The van der Waals surface area contributed by atoms with Crippen LogP contribution in [-0.2, 0) is 4.74 Å². The molecule has 0 aliphatic heterocycles. The summed E-state index contributed by atoms with van der Waals surface area (Å²) >= 11 is 0. The molecule has 7 nitrogen and oxygen atoms in total. The van der Waals surface area contributed by atoms with Crippen LogP contribution < -0.4 is 15.4 Å². The van der Waals surface area contributed by atoms with Crippen molar-refractivity contribution in [1.82, 2.24) is 15.0 Å². The molecule has 0 atom stereocenters. The molecule has 0 aromatic carbocycles. The van der Waals surface area contributed by atoms with E-state index >= 15 is 0 Å². The quantitative estimate of drug-likeness (QED) is 0.650. The largest absolute Gasteiger partial charge is 0.467 e. The molecule has 7 heteroatoms. The maximum atomic E-state index is 5.00. The normalized spacial score (nSPS) is 10.1. The molecule has 1 aromatic rings. The Bertz CT molecular complexity index is 334. The van der Waals surface area contributed by atoms with Crippen LogP contribution in [0.1, 0.15) is 13.3 Å². The molecule has 96 valence electrons. The summed E-state index contributed by atoms with van der Waals surface area (Å²) < 4.78 is 9.96. The van der Waals surface area contributed by atoms with Gasteiger partial charge in [-0.2, -0.15) is 15.0 Å². The van der Waals surface area contributed by atoms with Crippen LogP contribution in [0.5, 0.6) is 6.01 Å². The zero-order valence-corrected chi connectivity index (χ0v) is 10.5. The molecule has 0 aliphatic rings. The Morgan fingerprint density at radius 3 is 2.35 bits per heavy atom. The number of nitrogens with one attached hydrogen (secondary N) is 2. The molecular formula is C10H19N5O2. The van der Waals surface area contributed by atoms with Crippen LogP contribution in [-0.4, -0.2) is 48.9 Å². The minimum atomic E-state index is 0.296. The zero-order chi connectivity index (χ0) is 12.5. The first kappa shape index (κ1) is 13.4. The third-order valence-corrected chi connectivity index (χ3v) is 1.94. The maximum absolute atomic E-state index is 5.00. The summed E-state index contributed by atoms with van der Waals surface area (Å²) in [6, 6.07) is 0.296. The molecule has 0 bridgehead atoms. The van der Waals surface area contributed by atoms with Crippen molar-refractivity contribution in [3.05, 3.63) is 0 Å². The first-order valence-electron chi connectivity index (χ1n) is 5.57. The summed E-state index contributed by atoms with van der Waals surface area (Å²) in [5.74, 6) is 1.01. The lowest BCUT2D eigenvalue weighted by Gasteiger charge is -2.08. The molecule has 1 heterocycles. The number of methoxy groups -OCH3 is 2. The lowest BCUT2D eigenvalue weighted by atomic mass is 10.4. The molecule has 0 amide bonds. The Morgan fingerprint density at radius 1 is 1.06 bits per heavy atom. The molecule has 0 saturated heterocycles. The van der Waals surface area contributed by atoms with Crippen molar-refractivity contribution in [2.45, 2.75) is 13.3 Å². The van der Waals surface area contributed by atoms with Crippen molar-refractivity contribution in [2.75, 3.05) is 44.5 Å². The molecule has 0 radical (unpaired) electrons. The summed E-state index contributed by atoms with van der Waals surface area (Å²) in [5.41, 5.74) is 0. The number of hydrogen-bond donors (Lipinski definition) is 2. The average molecular weight is 241 g/mol. The number of hydrogen-bond acceptors (Lipinski definition) is 7.